The van der Waals surface area contributed by atoms with Crippen molar-refractivity contribution >= 4 is 44.9 Å². The lowest BCUT2D eigenvalue weighted by molar-refractivity contribution is -0.113. The van der Waals surface area contributed by atoms with Crippen LogP contribution in [-0.2, 0) is 17.8 Å². The number of anilines is 1. The number of rotatable bonds is 7. The van der Waals surface area contributed by atoms with E-state index < -0.39 is 0 Å². The zero-order valence-electron chi connectivity index (χ0n) is 20.8. The Kier molecular flexibility index (Phi) is 7.32. The monoisotopic (exact) mass is 538 g/mol. The van der Waals surface area contributed by atoms with Crippen LogP contribution in [0.25, 0.3) is 15.9 Å². The lowest BCUT2D eigenvalue weighted by Gasteiger charge is -2.30. The fourth-order valence-corrected chi connectivity index (χ4v) is 6.50. The fourth-order valence-electron chi connectivity index (χ4n) is 4.40. The molecule has 37 heavy (non-hydrogen) atoms. The lowest BCUT2D eigenvalue weighted by Crippen LogP contribution is -2.35. The molecule has 3 heterocycles. The highest BCUT2D eigenvalue weighted by atomic mass is 32.2. The fraction of sp³-hybridized carbons (Fsp3) is 0.296. The second kappa shape index (κ2) is 10.6. The van der Waals surface area contributed by atoms with Crippen LogP contribution in [0.2, 0.25) is 0 Å². The molecule has 0 saturated heterocycles. The number of thiophene rings is 1. The van der Waals surface area contributed by atoms with Gasteiger partial charge in [-0.25, -0.2) is 9.37 Å². The molecule has 192 valence electrons. The summed E-state index contributed by atoms with van der Waals surface area (Å²) in [5, 5.41) is 3.87. The molecular formula is C27H27FN4O3S2. The van der Waals surface area contributed by atoms with E-state index in [1.165, 1.54) is 40.9 Å². The molecule has 2 aromatic heterocycles. The minimum atomic E-state index is -0.372. The zero-order chi connectivity index (χ0) is 26.1. The van der Waals surface area contributed by atoms with E-state index in [-0.39, 0.29) is 23.0 Å². The van der Waals surface area contributed by atoms with Crippen molar-refractivity contribution < 1.29 is 13.9 Å². The number of ether oxygens (including phenoxy) is 1. The quantitative estimate of drug-likeness (QED) is 0.261. The molecule has 5 rings (SSSR count). The molecule has 0 radical (unpaired) electrons. The predicted octanol–water partition coefficient (Wildman–Crippen LogP) is 5.09. The SMILES string of the molecule is COc1ccc(-n2c(SCC(=O)Nc3ccc(F)cc3)nc3sc4c(c3c2=O)CCN(C(C)C)C4)cc1. The van der Waals surface area contributed by atoms with Gasteiger partial charge in [0, 0.05) is 29.7 Å². The molecular weight excluding hydrogens is 511 g/mol. The van der Waals surface area contributed by atoms with Crippen molar-refractivity contribution in [1.82, 2.24) is 14.5 Å². The Morgan fingerprint density at radius 3 is 2.59 bits per heavy atom. The number of hydrogen-bond acceptors (Lipinski definition) is 7. The van der Waals surface area contributed by atoms with Gasteiger partial charge in [0.2, 0.25) is 5.91 Å². The van der Waals surface area contributed by atoms with Gasteiger partial charge in [-0.3, -0.25) is 19.1 Å². The molecule has 0 aliphatic carbocycles. The van der Waals surface area contributed by atoms with Crippen molar-refractivity contribution in [2.75, 3.05) is 24.7 Å². The average molecular weight is 539 g/mol. The molecule has 0 spiro atoms. The van der Waals surface area contributed by atoms with E-state index in [2.05, 4.69) is 24.1 Å². The van der Waals surface area contributed by atoms with E-state index in [4.69, 9.17) is 9.72 Å². The van der Waals surface area contributed by atoms with Gasteiger partial charge in [0.05, 0.1) is 23.9 Å². The molecule has 4 aromatic rings. The van der Waals surface area contributed by atoms with Gasteiger partial charge >= 0.3 is 0 Å². The van der Waals surface area contributed by atoms with Crippen molar-refractivity contribution in [1.29, 1.82) is 0 Å². The van der Waals surface area contributed by atoms with Gasteiger partial charge in [0.25, 0.3) is 5.56 Å². The molecule has 1 aliphatic rings. The van der Waals surface area contributed by atoms with Crippen LogP contribution in [0.15, 0.2) is 58.5 Å². The van der Waals surface area contributed by atoms with Crippen molar-refractivity contribution in [3.05, 3.63) is 75.1 Å². The first-order valence-electron chi connectivity index (χ1n) is 12.0. The maximum Gasteiger partial charge on any atom is 0.267 e. The number of benzene rings is 2. The summed E-state index contributed by atoms with van der Waals surface area (Å²) in [5.74, 6) is 0.0757. The number of aromatic nitrogens is 2. The maximum atomic E-state index is 14.0. The van der Waals surface area contributed by atoms with Gasteiger partial charge in [-0.2, -0.15) is 0 Å². The Morgan fingerprint density at radius 1 is 1.19 bits per heavy atom. The van der Waals surface area contributed by atoms with Gasteiger partial charge in [0.1, 0.15) is 16.4 Å². The molecule has 7 nitrogen and oxygen atoms in total. The number of amides is 1. The number of thioether (sulfide) groups is 1. The first kappa shape index (κ1) is 25.4. The Labute approximate surface area is 222 Å². The topological polar surface area (TPSA) is 76.5 Å². The molecule has 0 unspecified atom stereocenters. The van der Waals surface area contributed by atoms with E-state index in [1.807, 2.05) is 12.1 Å². The smallest absolute Gasteiger partial charge is 0.267 e. The van der Waals surface area contributed by atoms with E-state index >= 15 is 0 Å². The van der Waals surface area contributed by atoms with Crippen LogP contribution in [0.5, 0.6) is 5.75 Å². The number of carbonyl (C=O) groups is 1. The molecule has 0 fully saturated rings. The summed E-state index contributed by atoms with van der Waals surface area (Å²) >= 11 is 2.76. The summed E-state index contributed by atoms with van der Waals surface area (Å²) < 4.78 is 20.1. The van der Waals surface area contributed by atoms with Gasteiger partial charge in [-0.15, -0.1) is 11.3 Å². The minimum absolute atomic E-state index is 0.0394. The summed E-state index contributed by atoms with van der Waals surface area (Å²) in [7, 11) is 1.59. The third-order valence-corrected chi connectivity index (χ3v) is 8.44. The molecule has 1 N–H and O–H groups in total. The zero-order valence-corrected chi connectivity index (χ0v) is 22.4. The van der Waals surface area contributed by atoms with E-state index in [9.17, 15) is 14.0 Å². The number of methoxy groups -OCH3 is 1. The van der Waals surface area contributed by atoms with Crippen LogP contribution in [0.4, 0.5) is 10.1 Å². The van der Waals surface area contributed by atoms with E-state index in [1.54, 1.807) is 35.1 Å². The molecule has 1 aliphatic heterocycles. The maximum absolute atomic E-state index is 14.0. The van der Waals surface area contributed by atoms with Crippen molar-refractivity contribution in [2.24, 2.45) is 0 Å². The van der Waals surface area contributed by atoms with Crippen LogP contribution in [0, 0.1) is 5.82 Å². The number of fused-ring (bicyclic) bond motifs is 3. The van der Waals surface area contributed by atoms with Gasteiger partial charge in [-0.1, -0.05) is 11.8 Å². The standard InChI is InChI=1S/C27H27FN4O3S2/c1-16(2)31-13-12-21-22(14-31)37-25-24(21)26(34)32(19-8-10-20(35-3)11-9-19)27(30-25)36-15-23(33)29-18-6-4-17(28)5-7-18/h4-11,16H,12-15H2,1-3H3,(H,29,33). The number of nitrogens with one attached hydrogen (secondary N) is 1. The Hall–Kier alpha value is -3.21. The van der Waals surface area contributed by atoms with Crippen LogP contribution >= 0.6 is 23.1 Å². The molecule has 10 heteroatoms. The second-order valence-corrected chi connectivity index (χ2v) is 11.1. The van der Waals surface area contributed by atoms with Gasteiger partial charge in [0.15, 0.2) is 5.16 Å². The highest BCUT2D eigenvalue weighted by Gasteiger charge is 2.26. The molecule has 0 saturated carbocycles. The number of hydrogen-bond donors (Lipinski definition) is 1. The summed E-state index contributed by atoms with van der Waals surface area (Å²) in [6.07, 6.45) is 0.805. The summed E-state index contributed by atoms with van der Waals surface area (Å²) in [6.45, 7) is 6.06. The van der Waals surface area contributed by atoms with Crippen LogP contribution in [0.1, 0.15) is 24.3 Å². The Bertz CT molecular complexity index is 1500. The van der Waals surface area contributed by atoms with E-state index in [0.717, 1.165) is 25.1 Å². The third-order valence-electron chi connectivity index (χ3n) is 6.39. The molecule has 1 amide bonds. The molecule has 2 aromatic carbocycles. The van der Waals surface area contributed by atoms with Crippen molar-refractivity contribution in [3.8, 4) is 11.4 Å². The Balaban J connectivity index is 1.52. The third kappa shape index (κ3) is 5.27. The van der Waals surface area contributed by atoms with E-state index in [0.29, 0.717) is 38.5 Å². The molecule has 0 bridgehead atoms. The highest BCUT2D eigenvalue weighted by Crippen LogP contribution is 2.35. The summed E-state index contributed by atoms with van der Waals surface area (Å²) in [4.78, 5) is 35.8. The normalized spacial score (nSPS) is 13.6. The predicted molar refractivity (Wildman–Crippen MR) is 147 cm³/mol. The summed E-state index contributed by atoms with van der Waals surface area (Å²) in [6, 6.07) is 13.2. The first-order chi connectivity index (χ1) is 17.8. The van der Waals surface area contributed by atoms with Crippen molar-refractivity contribution in [3.63, 3.8) is 0 Å². The van der Waals surface area contributed by atoms with Crippen LogP contribution in [0.3, 0.4) is 0 Å². The average Bonchev–Trinajstić information content (AvgIpc) is 3.27. The number of carbonyl (C=O) groups excluding carboxylic acids is 1. The van der Waals surface area contributed by atoms with Gasteiger partial charge < -0.3 is 10.1 Å². The first-order valence-corrected chi connectivity index (χ1v) is 13.8. The lowest BCUT2D eigenvalue weighted by atomic mass is 10.0. The van der Waals surface area contributed by atoms with Gasteiger partial charge in [-0.05, 0) is 74.4 Å². The minimum Gasteiger partial charge on any atom is -0.497 e. The second-order valence-electron chi connectivity index (χ2n) is 9.07. The summed E-state index contributed by atoms with van der Waals surface area (Å²) in [5.41, 5.74) is 2.11. The Morgan fingerprint density at radius 2 is 1.92 bits per heavy atom. The highest BCUT2D eigenvalue weighted by molar-refractivity contribution is 7.99. The number of halogens is 1. The van der Waals surface area contributed by atoms with Crippen molar-refractivity contribution in [2.45, 2.75) is 38.0 Å². The van der Waals surface area contributed by atoms with Crippen LogP contribution in [-0.4, -0.2) is 45.8 Å². The molecule has 0 atom stereocenters. The largest absolute Gasteiger partial charge is 0.497 e. The van der Waals surface area contributed by atoms with Crippen LogP contribution < -0.4 is 15.6 Å². The number of nitrogens with zero attached hydrogens (tertiary/aromatic N) is 3.